The van der Waals surface area contributed by atoms with E-state index in [1.54, 1.807) is 6.26 Å². The molecule has 0 aliphatic rings. The number of nitrogens with two attached hydrogens (primary N) is 1. The maximum atomic E-state index is 5.35. The van der Waals surface area contributed by atoms with E-state index >= 15 is 0 Å². The molecule has 6 nitrogen and oxygen atoms in total. The molecule has 15 heavy (non-hydrogen) atoms. The monoisotopic (exact) mass is 208 g/mol. The molecule has 2 aromatic heterocycles. The van der Waals surface area contributed by atoms with Crippen LogP contribution in [-0.4, -0.2) is 10.2 Å². The van der Waals surface area contributed by atoms with E-state index in [2.05, 4.69) is 15.5 Å². The van der Waals surface area contributed by atoms with Crippen LogP contribution in [0.5, 0.6) is 0 Å². The van der Waals surface area contributed by atoms with Crippen LogP contribution in [0, 0.1) is 0 Å². The number of hydrogen-bond acceptors (Lipinski definition) is 6. The van der Waals surface area contributed by atoms with Crippen LogP contribution in [0.4, 0.5) is 6.01 Å². The molecular weight excluding hydrogens is 196 g/mol. The first kappa shape index (κ1) is 9.72. The predicted molar refractivity (Wildman–Crippen MR) is 52.9 cm³/mol. The van der Waals surface area contributed by atoms with E-state index in [-0.39, 0.29) is 12.6 Å². The predicted octanol–water partition coefficient (Wildman–Crippen LogP) is 1.29. The highest BCUT2D eigenvalue weighted by Crippen LogP contribution is 2.18. The minimum absolute atomic E-state index is 0.0222. The molecule has 0 saturated carbocycles. The lowest BCUT2D eigenvalue weighted by Crippen LogP contribution is -2.05. The van der Waals surface area contributed by atoms with E-state index in [0.29, 0.717) is 11.9 Å². The summed E-state index contributed by atoms with van der Waals surface area (Å²) >= 11 is 0. The zero-order chi connectivity index (χ0) is 10.7. The van der Waals surface area contributed by atoms with Crippen molar-refractivity contribution in [3.63, 3.8) is 0 Å². The smallest absolute Gasteiger partial charge is 0.316 e. The van der Waals surface area contributed by atoms with Gasteiger partial charge in [0.15, 0.2) is 0 Å². The molecule has 3 N–H and O–H groups in total. The summed E-state index contributed by atoms with van der Waals surface area (Å²) in [5, 5.41) is 10.5. The summed E-state index contributed by atoms with van der Waals surface area (Å²) in [7, 11) is 0. The third-order valence-electron chi connectivity index (χ3n) is 1.95. The highest BCUT2D eigenvalue weighted by atomic mass is 16.4. The first-order chi connectivity index (χ1) is 7.29. The second-order valence-corrected chi connectivity index (χ2v) is 3.09. The third kappa shape index (κ3) is 2.16. The lowest BCUT2D eigenvalue weighted by atomic mass is 10.3. The van der Waals surface area contributed by atoms with Gasteiger partial charge >= 0.3 is 6.01 Å². The molecule has 0 aliphatic carbocycles. The quantitative estimate of drug-likeness (QED) is 0.786. The maximum Gasteiger partial charge on any atom is 0.316 e. The van der Waals surface area contributed by atoms with Gasteiger partial charge in [-0.15, -0.1) is 5.10 Å². The van der Waals surface area contributed by atoms with Gasteiger partial charge < -0.3 is 19.9 Å². The number of furan rings is 1. The molecular formula is C9H12N4O2. The van der Waals surface area contributed by atoms with Gasteiger partial charge in [-0.25, -0.2) is 0 Å². The molecule has 6 heteroatoms. The molecule has 1 unspecified atom stereocenters. The van der Waals surface area contributed by atoms with E-state index in [1.807, 2.05) is 19.1 Å². The molecule has 0 aliphatic heterocycles. The summed E-state index contributed by atoms with van der Waals surface area (Å²) in [4.78, 5) is 0. The summed E-state index contributed by atoms with van der Waals surface area (Å²) in [6.45, 7) is 2.18. The average molecular weight is 208 g/mol. The largest absolute Gasteiger partial charge is 0.467 e. The minimum Gasteiger partial charge on any atom is -0.467 e. The van der Waals surface area contributed by atoms with Crippen LogP contribution < -0.4 is 11.1 Å². The molecule has 0 aromatic carbocycles. The van der Waals surface area contributed by atoms with Crippen molar-refractivity contribution in [2.75, 3.05) is 5.32 Å². The number of hydrogen-bond donors (Lipinski definition) is 2. The van der Waals surface area contributed by atoms with Crippen molar-refractivity contribution < 1.29 is 8.83 Å². The maximum absolute atomic E-state index is 5.35. The second kappa shape index (κ2) is 4.14. The first-order valence-electron chi connectivity index (χ1n) is 4.62. The lowest BCUT2D eigenvalue weighted by Gasteiger charge is -2.07. The molecule has 0 saturated heterocycles. The van der Waals surface area contributed by atoms with Gasteiger partial charge in [-0.05, 0) is 19.1 Å². The Bertz CT molecular complexity index is 409. The zero-order valence-corrected chi connectivity index (χ0v) is 8.30. The Morgan fingerprint density at radius 2 is 2.40 bits per heavy atom. The highest BCUT2D eigenvalue weighted by Gasteiger charge is 2.11. The van der Waals surface area contributed by atoms with E-state index < -0.39 is 0 Å². The second-order valence-electron chi connectivity index (χ2n) is 3.09. The van der Waals surface area contributed by atoms with E-state index in [1.165, 1.54) is 0 Å². The summed E-state index contributed by atoms with van der Waals surface area (Å²) in [5.41, 5.74) is 5.35. The Morgan fingerprint density at radius 3 is 3.00 bits per heavy atom. The molecule has 0 amide bonds. The third-order valence-corrected chi connectivity index (χ3v) is 1.95. The fourth-order valence-corrected chi connectivity index (χ4v) is 1.19. The molecule has 2 heterocycles. The highest BCUT2D eigenvalue weighted by molar-refractivity contribution is 5.23. The Hall–Kier alpha value is -1.82. The van der Waals surface area contributed by atoms with Crippen molar-refractivity contribution in [2.45, 2.75) is 19.5 Å². The van der Waals surface area contributed by atoms with Crippen LogP contribution in [0.15, 0.2) is 27.2 Å². The van der Waals surface area contributed by atoms with Gasteiger partial charge in [0.05, 0.1) is 18.8 Å². The molecule has 0 fully saturated rings. The molecule has 0 spiro atoms. The van der Waals surface area contributed by atoms with Gasteiger partial charge in [-0.1, -0.05) is 5.10 Å². The van der Waals surface area contributed by atoms with Crippen LogP contribution in [0.3, 0.4) is 0 Å². The molecule has 2 aromatic rings. The van der Waals surface area contributed by atoms with Crippen LogP contribution >= 0.6 is 0 Å². The molecule has 80 valence electrons. The topological polar surface area (TPSA) is 90.1 Å². The normalized spacial score (nSPS) is 12.7. The number of nitrogens with zero attached hydrogens (tertiary/aromatic N) is 2. The number of rotatable bonds is 4. The van der Waals surface area contributed by atoms with Gasteiger partial charge in [0.25, 0.3) is 0 Å². The fourth-order valence-electron chi connectivity index (χ4n) is 1.19. The Kier molecular flexibility index (Phi) is 2.68. The van der Waals surface area contributed by atoms with E-state index in [9.17, 15) is 0 Å². The number of nitrogens with one attached hydrogen (secondary N) is 1. The van der Waals surface area contributed by atoms with Crippen LogP contribution in [0.25, 0.3) is 0 Å². The van der Waals surface area contributed by atoms with Crippen LogP contribution in [0.1, 0.15) is 24.6 Å². The summed E-state index contributed by atoms with van der Waals surface area (Å²) < 4.78 is 10.4. The zero-order valence-electron chi connectivity index (χ0n) is 8.30. The summed E-state index contributed by atoms with van der Waals surface area (Å²) in [5.74, 6) is 1.21. The average Bonchev–Trinajstić information content (AvgIpc) is 2.87. The van der Waals surface area contributed by atoms with Crippen molar-refractivity contribution in [1.29, 1.82) is 0 Å². The van der Waals surface area contributed by atoms with Crippen molar-refractivity contribution in [3.8, 4) is 0 Å². The van der Waals surface area contributed by atoms with Crippen molar-refractivity contribution >= 4 is 6.01 Å². The summed E-state index contributed by atoms with van der Waals surface area (Å²) in [6, 6.07) is 4.02. The standard InChI is InChI=1S/C9H12N4O2/c1-6(7-3-2-4-14-7)11-9-13-12-8(5-10)15-9/h2-4,6H,5,10H2,1H3,(H,11,13). The fraction of sp³-hybridized carbons (Fsp3) is 0.333. The molecule has 1 atom stereocenters. The van der Waals surface area contributed by atoms with Crippen LogP contribution in [0.2, 0.25) is 0 Å². The van der Waals surface area contributed by atoms with Crippen molar-refractivity contribution in [1.82, 2.24) is 10.2 Å². The molecule has 0 radical (unpaired) electrons. The van der Waals surface area contributed by atoms with Crippen LogP contribution in [-0.2, 0) is 6.54 Å². The number of anilines is 1. The van der Waals surface area contributed by atoms with Gasteiger partial charge in [0.1, 0.15) is 5.76 Å². The summed E-state index contributed by atoms with van der Waals surface area (Å²) in [6.07, 6.45) is 1.62. The van der Waals surface area contributed by atoms with Crippen molar-refractivity contribution in [2.24, 2.45) is 5.73 Å². The molecule has 2 rings (SSSR count). The first-order valence-corrected chi connectivity index (χ1v) is 4.62. The van der Waals surface area contributed by atoms with Gasteiger partial charge in [0.2, 0.25) is 5.89 Å². The Labute approximate surface area is 86.5 Å². The Morgan fingerprint density at radius 1 is 1.53 bits per heavy atom. The van der Waals surface area contributed by atoms with E-state index in [0.717, 1.165) is 5.76 Å². The van der Waals surface area contributed by atoms with E-state index in [4.69, 9.17) is 14.6 Å². The number of aromatic nitrogens is 2. The minimum atomic E-state index is -0.0222. The van der Waals surface area contributed by atoms with Gasteiger partial charge in [-0.2, -0.15) is 0 Å². The van der Waals surface area contributed by atoms with Gasteiger partial charge in [0, 0.05) is 0 Å². The Balaban J connectivity index is 2.02. The lowest BCUT2D eigenvalue weighted by molar-refractivity contribution is 0.470. The SMILES string of the molecule is CC(Nc1nnc(CN)o1)c1ccco1. The van der Waals surface area contributed by atoms with Crippen molar-refractivity contribution in [3.05, 3.63) is 30.0 Å². The van der Waals surface area contributed by atoms with Gasteiger partial charge in [-0.3, -0.25) is 0 Å². The molecule has 0 bridgehead atoms.